The summed E-state index contributed by atoms with van der Waals surface area (Å²) in [6.45, 7) is 4.54. The standard InChI is InChI=1S/C13H16ClNO2/c1-3-17-13(16)10(2)8-15-9-11-4-6-12(14)7-5-11/h4-8,15H,3,9H2,1-2H3. The third-order valence-electron chi connectivity index (χ3n) is 2.14. The number of hydrogen-bond donors (Lipinski definition) is 1. The molecule has 0 heterocycles. The molecule has 0 aliphatic carbocycles. The average Bonchev–Trinajstić information content (AvgIpc) is 2.32. The molecule has 17 heavy (non-hydrogen) atoms. The minimum Gasteiger partial charge on any atom is -0.463 e. The molecule has 0 spiro atoms. The fourth-order valence-corrected chi connectivity index (χ4v) is 1.35. The maximum atomic E-state index is 11.3. The smallest absolute Gasteiger partial charge is 0.335 e. The number of esters is 1. The number of rotatable bonds is 5. The summed E-state index contributed by atoms with van der Waals surface area (Å²) in [5.74, 6) is -0.295. The van der Waals surface area contributed by atoms with Crippen LogP contribution in [0.25, 0.3) is 0 Å². The summed E-state index contributed by atoms with van der Waals surface area (Å²) in [5.41, 5.74) is 1.66. The van der Waals surface area contributed by atoms with Gasteiger partial charge in [-0.15, -0.1) is 0 Å². The third kappa shape index (κ3) is 4.91. The quantitative estimate of drug-likeness (QED) is 0.648. The van der Waals surface area contributed by atoms with Crippen molar-refractivity contribution in [2.24, 2.45) is 0 Å². The zero-order valence-corrected chi connectivity index (χ0v) is 10.8. The Bertz CT molecular complexity index is 398. The van der Waals surface area contributed by atoms with Crippen LogP contribution in [0, 0.1) is 0 Å². The number of carbonyl (C=O) groups excluding carboxylic acids is 1. The Balaban J connectivity index is 2.43. The highest BCUT2D eigenvalue weighted by atomic mass is 35.5. The van der Waals surface area contributed by atoms with Gasteiger partial charge in [0, 0.05) is 23.3 Å². The van der Waals surface area contributed by atoms with E-state index >= 15 is 0 Å². The lowest BCUT2D eigenvalue weighted by atomic mass is 10.2. The Kier molecular flexibility index (Phi) is 5.57. The second-order valence-corrected chi connectivity index (χ2v) is 3.99. The molecule has 0 aliphatic rings. The van der Waals surface area contributed by atoms with Crippen LogP contribution in [0.4, 0.5) is 0 Å². The molecule has 3 nitrogen and oxygen atoms in total. The molecular formula is C13H16ClNO2. The van der Waals surface area contributed by atoms with Crippen molar-refractivity contribution in [2.75, 3.05) is 6.61 Å². The molecule has 0 unspecified atom stereocenters. The van der Waals surface area contributed by atoms with E-state index in [2.05, 4.69) is 5.32 Å². The topological polar surface area (TPSA) is 38.3 Å². The number of benzene rings is 1. The highest BCUT2D eigenvalue weighted by molar-refractivity contribution is 6.30. The van der Waals surface area contributed by atoms with Crippen molar-refractivity contribution < 1.29 is 9.53 Å². The first-order valence-corrected chi connectivity index (χ1v) is 5.83. The predicted octanol–water partition coefficient (Wildman–Crippen LogP) is 2.90. The maximum absolute atomic E-state index is 11.3. The monoisotopic (exact) mass is 253 g/mol. The van der Waals surface area contributed by atoms with E-state index in [1.807, 2.05) is 24.3 Å². The summed E-state index contributed by atoms with van der Waals surface area (Å²) in [5, 5.41) is 3.77. The van der Waals surface area contributed by atoms with E-state index in [4.69, 9.17) is 16.3 Å². The highest BCUT2D eigenvalue weighted by Gasteiger charge is 2.03. The summed E-state index contributed by atoms with van der Waals surface area (Å²) < 4.78 is 4.86. The minimum atomic E-state index is -0.295. The zero-order chi connectivity index (χ0) is 12.7. The van der Waals surface area contributed by atoms with E-state index < -0.39 is 0 Å². The van der Waals surface area contributed by atoms with Crippen molar-refractivity contribution in [1.82, 2.24) is 5.32 Å². The molecule has 4 heteroatoms. The van der Waals surface area contributed by atoms with E-state index in [0.717, 1.165) is 5.56 Å². The Morgan fingerprint density at radius 3 is 2.65 bits per heavy atom. The molecule has 0 amide bonds. The molecule has 0 bridgehead atoms. The molecule has 0 saturated heterocycles. The molecule has 0 aliphatic heterocycles. The van der Waals surface area contributed by atoms with Crippen molar-refractivity contribution in [3.8, 4) is 0 Å². The number of nitrogens with one attached hydrogen (secondary N) is 1. The van der Waals surface area contributed by atoms with Crippen LogP contribution in [0.5, 0.6) is 0 Å². The first-order valence-electron chi connectivity index (χ1n) is 5.45. The van der Waals surface area contributed by atoms with Crippen LogP contribution in [0.3, 0.4) is 0 Å². The van der Waals surface area contributed by atoms with Crippen LogP contribution >= 0.6 is 11.6 Å². The van der Waals surface area contributed by atoms with Crippen molar-refractivity contribution in [2.45, 2.75) is 20.4 Å². The normalized spacial score (nSPS) is 11.1. The number of hydrogen-bond acceptors (Lipinski definition) is 3. The second kappa shape index (κ2) is 6.97. The Hall–Kier alpha value is -1.48. The van der Waals surface area contributed by atoms with Gasteiger partial charge in [-0.25, -0.2) is 4.79 Å². The van der Waals surface area contributed by atoms with Gasteiger partial charge in [0.05, 0.1) is 6.61 Å². The molecule has 0 saturated carbocycles. The first-order chi connectivity index (χ1) is 8.13. The lowest BCUT2D eigenvalue weighted by Gasteiger charge is -2.04. The third-order valence-corrected chi connectivity index (χ3v) is 2.39. The molecule has 0 fully saturated rings. The van der Waals surface area contributed by atoms with Gasteiger partial charge < -0.3 is 10.1 Å². The summed E-state index contributed by atoms with van der Waals surface area (Å²) >= 11 is 5.78. The van der Waals surface area contributed by atoms with E-state index in [-0.39, 0.29) is 5.97 Å². The van der Waals surface area contributed by atoms with Gasteiger partial charge in [0.25, 0.3) is 0 Å². The molecule has 0 atom stereocenters. The summed E-state index contributed by atoms with van der Waals surface area (Å²) in [7, 11) is 0. The van der Waals surface area contributed by atoms with Crippen molar-refractivity contribution in [3.05, 3.63) is 46.6 Å². The number of halogens is 1. The van der Waals surface area contributed by atoms with Gasteiger partial charge in [-0.05, 0) is 31.5 Å². The first kappa shape index (κ1) is 13.6. The molecule has 1 rings (SSSR count). The van der Waals surface area contributed by atoms with Crippen LogP contribution < -0.4 is 5.32 Å². The van der Waals surface area contributed by atoms with E-state index in [1.165, 1.54) is 0 Å². The molecular weight excluding hydrogens is 238 g/mol. The Morgan fingerprint density at radius 1 is 1.41 bits per heavy atom. The fraction of sp³-hybridized carbons (Fsp3) is 0.308. The van der Waals surface area contributed by atoms with Gasteiger partial charge in [0.1, 0.15) is 0 Å². The second-order valence-electron chi connectivity index (χ2n) is 3.56. The predicted molar refractivity (Wildman–Crippen MR) is 68.7 cm³/mol. The highest BCUT2D eigenvalue weighted by Crippen LogP contribution is 2.09. The van der Waals surface area contributed by atoms with Gasteiger partial charge >= 0.3 is 5.97 Å². The van der Waals surface area contributed by atoms with Crippen molar-refractivity contribution in [1.29, 1.82) is 0 Å². The Labute approximate surface area is 106 Å². The van der Waals surface area contributed by atoms with Crippen LogP contribution in [0.1, 0.15) is 19.4 Å². The molecule has 1 aromatic rings. The van der Waals surface area contributed by atoms with Gasteiger partial charge in [0.2, 0.25) is 0 Å². The Morgan fingerprint density at radius 2 is 2.06 bits per heavy atom. The lowest BCUT2D eigenvalue weighted by Crippen LogP contribution is -2.11. The van der Waals surface area contributed by atoms with Crippen LogP contribution in [-0.2, 0) is 16.1 Å². The molecule has 0 radical (unpaired) electrons. The number of carbonyl (C=O) groups is 1. The summed E-state index contributed by atoms with van der Waals surface area (Å²) in [4.78, 5) is 11.3. The van der Waals surface area contributed by atoms with Crippen molar-refractivity contribution in [3.63, 3.8) is 0 Å². The molecule has 1 aromatic carbocycles. The summed E-state index contributed by atoms with van der Waals surface area (Å²) in [6, 6.07) is 7.53. The van der Waals surface area contributed by atoms with Crippen LogP contribution in [-0.4, -0.2) is 12.6 Å². The van der Waals surface area contributed by atoms with Crippen LogP contribution in [0.15, 0.2) is 36.0 Å². The van der Waals surface area contributed by atoms with E-state index in [1.54, 1.807) is 20.0 Å². The van der Waals surface area contributed by atoms with Gasteiger partial charge in [0.15, 0.2) is 0 Å². The summed E-state index contributed by atoms with van der Waals surface area (Å²) in [6.07, 6.45) is 1.66. The van der Waals surface area contributed by atoms with Gasteiger partial charge in [-0.3, -0.25) is 0 Å². The molecule has 92 valence electrons. The van der Waals surface area contributed by atoms with E-state index in [9.17, 15) is 4.79 Å². The average molecular weight is 254 g/mol. The fourth-order valence-electron chi connectivity index (χ4n) is 1.23. The van der Waals surface area contributed by atoms with Crippen molar-refractivity contribution >= 4 is 17.6 Å². The molecule has 1 N–H and O–H groups in total. The van der Waals surface area contributed by atoms with Crippen LogP contribution in [0.2, 0.25) is 5.02 Å². The zero-order valence-electron chi connectivity index (χ0n) is 10.00. The molecule has 0 aromatic heterocycles. The lowest BCUT2D eigenvalue weighted by molar-refractivity contribution is -0.138. The van der Waals surface area contributed by atoms with Gasteiger partial charge in [-0.2, -0.15) is 0 Å². The minimum absolute atomic E-state index is 0.295. The van der Waals surface area contributed by atoms with Gasteiger partial charge in [-0.1, -0.05) is 23.7 Å². The maximum Gasteiger partial charge on any atom is 0.335 e. The largest absolute Gasteiger partial charge is 0.463 e. The SMILES string of the molecule is CCOC(=O)C(C)=CNCc1ccc(Cl)cc1. The number of ether oxygens (including phenoxy) is 1. The van der Waals surface area contributed by atoms with E-state index in [0.29, 0.717) is 23.7 Å².